The molecular weight excluding hydrogens is 426 g/mol. The number of rotatable bonds is 16. The molecule has 0 saturated carbocycles. The number of hydrogen-bond acceptors (Lipinski definition) is 6. The van der Waals surface area contributed by atoms with Gasteiger partial charge in [0.2, 0.25) is 0 Å². The number of ether oxygens (including phenoxy) is 4. The van der Waals surface area contributed by atoms with Crippen molar-refractivity contribution in [3.05, 3.63) is 0 Å². The molecule has 0 aromatic heterocycles. The van der Waals surface area contributed by atoms with Crippen molar-refractivity contribution in [3.63, 3.8) is 0 Å². The molecule has 30 heavy (non-hydrogen) atoms. The van der Waals surface area contributed by atoms with Gasteiger partial charge in [0, 0.05) is 16.7 Å². The van der Waals surface area contributed by atoms with Crippen LogP contribution < -0.4 is 0 Å². The Labute approximate surface area is 172 Å². The molecule has 0 heterocycles. The van der Waals surface area contributed by atoms with Gasteiger partial charge in [0.25, 0.3) is 0 Å². The molecule has 0 aromatic rings. The summed E-state index contributed by atoms with van der Waals surface area (Å²) in [6.45, 7) is 1.05. The Morgan fingerprint density at radius 2 is 1.03 bits per heavy atom. The second-order valence-electron chi connectivity index (χ2n) is 8.43. The highest BCUT2D eigenvalue weighted by atomic mass is 19.4. The lowest BCUT2D eigenvalue weighted by Crippen LogP contribution is -2.36. The molecule has 2 N–H and O–H groups in total. The van der Waals surface area contributed by atoms with Crippen LogP contribution in [-0.4, -0.2) is 88.6 Å². The highest BCUT2D eigenvalue weighted by Crippen LogP contribution is 2.23. The highest BCUT2D eigenvalue weighted by Gasteiger charge is 2.32. The molecule has 182 valence electrons. The number of aliphatic hydroxyl groups is 2. The van der Waals surface area contributed by atoms with Crippen molar-refractivity contribution in [1.29, 1.82) is 0 Å². The summed E-state index contributed by atoms with van der Waals surface area (Å²) in [7, 11) is 0. The first-order valence-corrected chi connectivity index (χ1v) is 9.28. The van der Waals surface area contributed by atoms with Gasteiger partial charge in [-0.2, -0.15) is 26.3 Å². The van der Waals surface area contributed by atoms with E-state index in [-0.39, 0.29) is 39.6 Å². The molecule has 2 unspecified atom stereocenters. The maximum atomic E-state index is 12.2. The average Bonchev–Trinajstić information content (AvgIpc) is 2.58. The van der Waals surface area contributed by atoms with E-state index in [0.717, 1.165) is 0 Å². The summed E-state index contributed by atoms with van der Waals surface area (Å²) in [6, 6.07) is 0. The lowest BCUT2D eigenvalue weighted by Gasteiger charge is -2.30. The van der Waals surface area contributed by atoms with E-state index < -0.39 is 55.5 Å². The minimum absolute atomic E-state index is 0.0164. The van der Waals surface area contributed by atoms with Gasteiger partial charge in [0.05, 0.1) is 52.9 Å². The topological polar surface area (TPSA) is 77.4 Å². The Balaban J connectivity index is 4.22. The van der Waals surface area contributed by atoms with Crippen LogP contribution in [0.4, 0.5) is 26.3 Å². The first-order chi connectivity index (χ1) is 13.6. The van der Waals surface area contributed by atoms with Crippen LogP contribution in [-0.2, 0) is 18.9 Å². The number of aliphatic hydroxyl groups excluding tert-OH is 2. The van der Waals surface area contributed by atoms with Crippen molar-refractivity contribution in [2.75, 3.05) is 66.1 Å². The van der Waals surface area contributed by atoms with Crippen LogP contribution >= 0.6 is 0 Å². The predicted octanol–water partition coefficient (Wildman–Crippen LogP) is 2.81. The van der Waals surface area contributed by atoms with E-state index in [0.29, 0.717) is 0 Å². The van der Waals surface area contributed by atoms with Gasteiger partial charge in [0.1, 0.15) is 13.2 Å². The van der Waals surface area contributed by atoms with Crippen molar-refractivity contribution < 1.29 is 55.5 Å². The van der Waals surface area contributed by atoms with Crippen LogP contribution in [0.25, 0.3) is 0 Å². The minimum Gasteiger partial charge on any atom is -0.396 e. The fourth-order valence-electron chi connectivity index (χ4n) is 2.16. The molecule has 0 amide bonds. The van der Waals surface area contributed by atoms with Crippen LogP contribution in [0.2, 0.25) is 0 Å². The van der Waals surface area contributed by atoms with E-state index >= 15 is 0 Å². The Hall–Kier alpha value is -0.660. The lowest BCUT2D eigenvalue weighted by molar-refractivity contribution is -0.185. The van der Waals surface area contributed by atoms with Gasteiger partial charge in [-0.3, -0.25) is 0 Å². The normalized spacial score (nSPS) is 16.5. The van der Waals surface area contributed by atoms with Gasteiger partial charge in [-0.15, -0.1) is 0 Å². The minimum atomic E-state index is -4.46. The van der Waals surface area contributed by atoms with Gasteiger partial charge < -0.3 is 29.2 Å². The lowest BCUT2D eigenvalue weighted by atomic mass is 9.93. The standard InChI is InChI=1S/C18H32F6O6/c1-15(2,8-27-5-14(4-25)6-28-12-17(19,20)21)9-29-10-16(3,7-26)11-30-13-18(22,23)24/h14,25-26H,4-13H2,1-3H3. The molecule has 0 aliphatic rings. The molecule has 0 aliphatic carbocycles. The zero-order valence-electron chi connectivity index (χ0n) is 17.4. The fraction of sp³-hybridized carbons (Fsp3) is 1.00. The van der Waals surface area contributed by atoms with Gasteiger partial charge in [0.15, 0.2) is 0 Å². The summed E-state index contributed by atoms with van der Waals surface area (Å²) in [5, 5.41) is 18.6. The molecule has 12 heteroatoms. The maximum Gasteiger partial charge on any atom is 0.411 e. The second kappa shape index (κ2) is 13.0. The molecule has 0 rings (SSSR count). The largest absolute Gasteiger partial charge is 0.411 e. The number of hydrogen-bond donors (Lipinski definition) is 2. The monoisotopic (exact) mass is 458 g/mol. The van der Waals surface area contributed by atoms with E-state index in [4.69, 9.17) is 9.47 Å². The van der Waals surface area contributed by atoms with Gasteiger partial charge in [-0.1, -0.05) is 20.8 Å². The fourth-order valence-corrected chi connectivity index (χ4v) is 2.16. The summed E-state index contributed by atoms with van der Waals surface area (Å²) in [4.78, 5) is 0. The van der Waals surface area contributed by atoms with Crippen molar-refractivity contribution in [1.82, 2.24) is 0 Å². The third-order valence-corrected chi connectivity index (χ3v) is 3.77. The second-order valence-corrected chi connectivity index (χ2v) is 8.43. The smallest absolute Gasteiger partial charge is 0.396 e. The molecule has 0 aliphatic heterocycles. The van der Waals surface area contributed by atoms with Crippen LogP contribution in [0, 0.1) is 16.7 Å². The average molecular weight is 458 g/mol. The molecule has 0 saturated heterocycles. The summed E-state index contributed by atoms with van der Waals surface area (Å²) < 4.78 is 92.7. The molecule has 0 fully saturated rings. The highest BCUT2D eigenvalue weighted by molar-refractivity contribution is 4.74. The quantitative estimate of drug-likeness (QED) is 0.347. The van der Waals surface area contributed by atoms with E-state index in [1.165, 1.54) is 6.92 Å². The van der Waals surface area contributed by atoms with Gasteiger partial charge in [-0.25, -0.2) is 0 Å². The summed E-state index contributed by atoms with van der Waals surface area (Å²) >= 11 is 0. The number of halogens is 6. The molecule has 0 radical (unpaired) electrons. The molecule has 2 atom stereocenters. The van der Waals surface area contributed by atoms with Crippen LogP contribution in [0.15, 0.2) is 0 Å². The molecule has 6 nitrogen and oxygen atoms in total. The van der Waals surface area contributed by atoms with Gasteiger partial charge >= 0.3 is 12.4 Å². The third-order valence-electron chi connectivity index (χ3n) is 3.77. The SMILES string of the molecule is CC(C)(COCC(CO)COCC(F)(F)F)COCC(C)(CO)COCC(F)(F)F. The van der Waals surface area contributed by atoms with Crippen molar-refractivity contribution in [3.8, 4) is 0 Å². The van der Waals surface area contributed by atoms with Crippen molar-refractivity contribution in [2.24, 2.45) is 16.7 Å². The Kier molecular flexibility index (Phi) is 12.7. The van der Waals surface area contributed by atoms with E-state index in [1.54, 1.807) is 13.8 Å². The summed E-state index contributed by atoms with van der Waals surface area (Å²) in [5.74, 6) is -0.618. The molecule has 0 spiro atoms. The van der Waals surface area contributed by atoms with E-state index in [1.807, 2.05) is 0 Å². The van der Waals surface area contributed by atoms with E-state index in [2.05, 4.69) is 9.47 Å². The Morgan fingerprint density at radius 3 is 1.47 bits per heavy atom. The zero-order valence-corrected chi connectivity index (χ0v) is 17.4. The molecular formula is C18H32F6O6. The van der Waals surface area contributed by atoms with Crippen LogP contribution in [0.5, 0.6) is 0 Å². The first kappa shape index (κ1) is 29.3. The van der Waals surface area contributed by atoms with Crippen LogP contribution in [0.3, 0.4) is 0 Å². The Morgan fingerprint density at radius 1 is 0.633 bits per heavy atom. The van der Waals surface area contributed by atoms with E-state index in [9.17, 15) is 36.6 Å². The van der Waals surface area contributed by atoms with Crippen molar-refractivity contribution in [2.45, 2.75) is 33.1 Å². The Bertz CT molecular complexity index is 457. The molecule has 0 aromatic carbocycles. The predicted molar refractivity (Wildman–Crippen MR) is 94.9 cm³/mol. The summed E-state index contributed by atoms with van der Waals surface area (Å²) in [6.07, 6.45) is -8.90. The van der Waals surface area contributed by atoms with Crippen molar-refractivity contribution >= 4 is 0 Å². The number of alkyl halides is 6. The molecule has 0 bridgehead atoms. The first-order valence-electron chi connectivity index (χ1n) is 9.28. The zero-order chi connectivity index (χ0) is 23.5. The summed E-state index contributed by atoms with van der Waals surface area (Å²) in [5.41, 5.74) is -1.55. The maximum absolute atomic E-state index is 12.2. The van der Waals surface area contributed by atoms with Crippen LogP contribution in [0.1, 0.15) is 20.8 Å². The third kappa shape index (κ3) is 16.1. The van der Waals surface area contributed by atoms with Gasteiger partial charge in [-0.05, 0) is 0 Å².